The summed E-state index contributed by atoms with van der Waals surface area (Å²) in [6.07, 6.45) is 1.17. The molecule has 1 heterocycles. The van der Waals surface area contributed by atoms with E-state index in [2.05, 4.69) is 4.98 Å². The fourth-order valence-electron chi connectivity index (χ4n) is 1.59. The molecule has 7 heteroatoms. The first-order chi connectivity index (χ1) is 8.90. The first-order valence-corrected chi connectivity index (χ1v) is 6.17. The van der Waals surface area contributed by atoms with E-state index in [1.54, 1.807) is 0 Å². The minimum absolute atomic E-state index is 0.00807. The second kappa shape index (κ2) is 5.25. The Hall–Kier alpha value is -1.49. The summed E-state index contributed by atoms with van der Waals surface area (Å²) in [5, 5.41) is 9.88. The molecule has 0 saturated carbocycles. The van der Waals surface area contributed by atoms with Crippen molar-refractivity contribution in [2.24, 2.45) is 0 Å². The molecule has 0 atom stereocenters. The number of anilines is 1. The number of carbonyl (C=O) groups is 1. The molecule has 0 aliphatic rings. The Balaban J connectivity index is 2.71. The maximum Gasteiger partial charge on any atom is 0.337 e. The topological polar surface area (TPSA) is 76.2 Å². The van der Waals surface area contributed by atoms with Crippen molar-refractivity contribution >= 4 is 46.6 Å². The van der Waals surface area contributed by atoms with Crippen LogP contribution >= 0.6 is 34.8 Å². The molecule has 0 unspecified atom stereocenters. The lowest BCUT2D eigenvalue weighted by Crippen LogP contribution is -2.02. The van der Waals surface area contributed by atoms with Gasteiger partial charge >= 0.3 is 5.97 Å². The fraction of sp³-hybridized carbons (Fsp3) is 0. The number of pyridine rings is 1. The minimum atomic E-state index is -1.12. The lowest BCUT2D eigenvalue weighted by molar-refractivity contribution is 0.0696. The Kier molecular flexibility index (Phi) is 3.85. The molecular weight excluding hydrogens is 311 g/mol. The average molecular weight is 318 g/mol. The smallest absolute Gasteiger partial charge is 0.337 e. The van der Waals surface area contributed by atoms with Crippen molar-refractivity contribution in [2.45, 2.75) is 0 Å². The van der Waals surface area contributed by atoms with Gasteiger partial charge in [-0.2, -0.15) is 0 Å². The van der Waals surface area contributed by atoms with E-state index >= 15 is 0 Å². The van der Waals surface area contributed by atoms with Crippen LogP contribution in [0.25, 0.3) is 11.1 Å². The largest absolute Gasteiger partial charge is 0.478 e. The minimum Gasteiger partial charge on any atom is -0.478 e. The van der Waals surface area contributed by atoms with Gasteiger partial charge in [-0.25, -0.2) is 9.78 Å². The first kappa shape index (κ1) is 13.9. The van der Waals surface area contributed by atoms with Crippen LogP contribution in [0.2, 0.25) is 15.1 Å². The molecule has 1 aromatic carbocycles. The van der Waals surface area contributed by atoms with E-state index in [9.17, 15) is 4.79 Å². The third-order valence-electron chi connectivity index (χ3n) is 2.44. The standard InChI is InChI=1S/C12H7Cl3N2O2/c13-6-2-8(14)10(9(15)3-6)7-1-5(12(18)19)4-17-11(7)16/h1-4H,(H2,16,17)(H,18,19). The highest BCUT2D eigenvalue weighted by Gasteiger charge is 2.16. The van der Waals surface area contributed by atoms with Gasteiger partial charge in [0.1, 0.15) is 5.82 Å². The van der Waals surface area contributed by atoms with E-state index in [1.165, 1.54) is 24.4 Å². The monoisotopic (exact) mass is 316 g/mol. The van der Waals surface area contributed by atoms with Crippen molar-refractivity contribution < 1.29 is 9.90 Å². The summed E-state index contributed by atoms with van der Waals surface area (Å²) >= 11 is 18.0. The molecule has 98 valence electrons. The molecule has 0 spiro atoms. The molecule has 0 bridgehead atoms. The van der Waals surface area contributed by atoms with Gasteiger partial charge in [-0.05, 0) is 18.2 Å². The van der Waals surface area contributed by atoms with Gasteiger partial charge in [0.2, 0.25) is 0 Å². The highest BCUT2D eigenvalue weighted by Crippen LogP contribution is 2.39. The summed E-state index contributed by atoms with van der Waals surface area (Å²) in [6, 6.07) is 4.36. The van der Waals surface area contributed by atoms with E-state index < -0.39 is 5.97 Å². The zero-order chi connectivity index (χ0) is 14.2. The summed E-state index contributed by atoms with van der Waals surface area (Å²) in [5.74, 6) is -0.980. The Morgan fingerprint density at radius 1 is 1.16 bits per heavy atom. The first-order valence-electron chi connectivity index (χ1n) is 5.04. The second-order valence-corrected chi connectivity index (χ2v) is 4.96. The van der Waals surface area contributed by atoms with E-state index in [0.717, 1.165) is 0 Å². The highest BCUT2D eigenvalue weighted by molar-refractivity contribution is 6.42. The molecule has 0 saturated heterocycles. The van der Waals surface area contributed by atoms with Crippen LogP contribution in [0, 0.1) is 0 Å². The molecule has 2 aromatic rings. The van der Waals surface area contributed by atoms with E-state index in [1.807, 2.05) is 0 Å². The summed E-state index contributed by atoms with van der Waals surface area (Å²) in [7, 11) is 0. The van der Waals surface area contributed by atoms with Crippen molar-refractivity contribution in [3.63, 3.8) is 0 Å². The second-order valence-electron chi connectivity index (χ2n) is 3.71. The van der Waals surface area contributed by atoms with Crippen molar-refractivity contribution in [1.29, 1.82) is 0 Å². The summed E-state index contributed by atoms with van der Waals surface area (Å²) in [6.45, 7) is 0. The van der Waals surface area contributed by atoms with Gasteiger partial charge in [0.25, 0.3) is 0 Å². The number of nitrogen functional groups attached to an aromatic ring is 1. The van der Waals surface area contributed by atoms with Crippen molar-refractivity contribution in [2.75, 3.05) is 5.73 Å². The zero-order valence-corrected chi connectivity index (χ0v) is 11.6. The molecule has 3 N–H and O–H groups in total. The van der Waals surface area contributed by atoms with Crippen molar-refractivity contribution in [1.82, 2.24) is 4.98 Å². The normalized spacial score (nSPS) is 10.5. The molecule has 2 rings (SSSR count). The van der Waals surface area contributed by atoms with Crippen LogP contribution in [-0.2, 0) is 0 Å². The number of carboxylic acids is 1. The molecule has 0 radical (unpaired) electrons. The summed E-state index contributed by atoms with van der Waals surface area (Å²) in [5.41, 5.74) is 6.49. The van der Waals surface area contributed by atoms with E-state index in [0.29, 0.717) is 16.1 Å². The van der Waals surface area contributed by atoms with Gasteiger partial charge in [-0.1, -0.05) is 34.8 Å². The van der Waals surface area contributed by atoms with Crippen LogP contribution in [0.5, 0.6) is 0 Å². The number of rotatable bonds is 2. The molecule has 1 aromatic heterocycles. The number of benzene rings is 1. The molecule has 0 aliphatic heterocycles. The highest BCUT2D eigenvalue weighted by atomic mass is 35.5. The number of halogens is 3. The molecule has 0 amide bonds. The molecule has 0 aliphatic carbocycles. The van der Waals surface area contributed by atoms with Gasteiger partial charge in [-0.3, -0.25) is 0 Å². The lowest BCUT2D eigenvalue weighted by atomic mass is 10.0. The molecule has 19 heavy (non-hydrogen) atoms. The molecule has 4 nitrogen and oxygen atoms in total. The predicted octanol–water partition coefficient (Wildman–Crippen LogP) is 3.99. The Morgan fingerprint density at radius 2 is 1.74 bits per heavy atom. The molecular formula is C12H7Cl3N2O2. The fourth-order valence-corrected chi connectivity index (χ4v) is 2.61. The number of hydrogen-bond acceptors (Lipinski definition) is 3. The SMILES string of the molecule is Nc1ncc(C(=O)O)cc1-c1c(Cl)cc(Cl)cc1Cl. The predicted molar refractivity (Wildman–Crippen MR) is 76.1 cm³/mol. The van der Waals surface area contributed by atoms with Crippen LogP contribution in [0.4, 0.5) is 5.82 Å². The van der Waals surface area contributed by atoms with Gasteiger partial charge in [-0.15, -0.1) is 0 Å². The number of nitrogens with zero attached hydrogens (tertiary/aromatic N) is 1. The average Bonchev–Trinajstić information content (AvgIpc) is 2.29. The van der Waals surface area contributed by atoms with Gasteiger partial charge < -0.3 is 10.8 Å². The number of aromatic carboxylic acids is 1. The maximum absolute atomic E-state index is 11.0. The Morgan fingerprint density at radius 3 is 2.26 bits per heavy atom. The zero-order valence-electron chi connectivity index (χ0n) is 9.32. The number of hydrogen-bond donors (Lipinski definition) is 2. The van der Waals surface area contributed by atoms with Crippen LogP contribution in [0.3, 0.4) is 0 Å². The van der Waals surface area contributed by atoms with Crippen molar-refractivity contribution in [3.8, 4) is 11.1 Å². The number of carboxylic acid groups (broad SMARTS) is 1. The number of nitrogens with two attached hydrogens (primary N) is 1. The maximum atomic E-state index is 11.0. The Bertz CT molecular complexity index is 651. The summed E-state index contributed by atoms with van der Waals surface area (Å²) in [4.78, 5) is 14.8. The van der Waals surface area contributed by atoms with Crippen molar-refractivity contribution in [3.05, 3.63) is 45.0 Å². The van der Waals surface area contributed by atoms with Crippen LogP contribution in [0.15, 0.2) is 24.4 Å². The quantitative estimate of drug-likeness (QED) is 0.878. The van der Waals surface area contributed by atoms with Gasteiger partial charge in [0.05, 0.1) is 15.6 Å². The lowest BCUT2D eigenvalue weighted by Gasteiger charge is -2.10. The molecule has 0 fully saturated rings. The van der Waals surface area contributed by atoms with Crippen LogP contribution in [0.1, 0.15) is 10.4 Å². The van der Waals surface area contributed by atoms with Gasteiger partial charge in [0.15, 0.2) is 0 Å². The van der Waals surface area contributed by atoms with E-state index in [4.69, 9.17) is 45.6 Å². The third-order valence-corrected chi connectivity index (χ3v) is 3.26. The third kappa shape index (κ3) is 2.76. The van der Waals surface area contributed by atoms with Crippen LogP contribution in [-0.4, -0.2) is 16.1 Å². The number of aromatic nitrogens is 1. The summed E-state index contributed by atoms with van der Waals surface area (Å²) < 4.78 is 0. The van der Waals surface area contributed by atoms with Gasteiger partial charge in [0, 0.05) is 22.3 Å². The van der Waals surface area contributed by atoms with E-state index in [-0.39, 0.29) is 21.4 Å². The van der Waals surface area contributed by atoms with Crippen LogP contribution < -0.4 is 5.73 Å². The Labute approximate surface area is 123 Å².